The molecule has 0 aromatic heterocycles. The molecule has 0 aliphatic carbocycles. The minimum absolute atomic E-state index is 0.0741. The van der Waals surface area contributed by atoms with E-state index in [-0.39, 0.29) is 35.4 Å². The Morgan fingerprint density at radius 3 is 2.36 bits per heavy atom. The maximum absolute atomic E-state index is 12.2. The van der Waals surface area contributed by atoms with Crippen LogP contribution in [-0.4, -0.2) is 24.5 Å². The van der Waals surface area contributed by atoms with Gasteiger partial charge in [0.25, 0.3) is 5.91 Å². The van der Waals surface area contributed by atoms with Gasteiger partial charge in [0.15, 0.2) is 6.61 Å². The Morgan fingerprint density at radius 2 is 1.82 bits per heavy atom. The van der Waals surface area contributed by atoms with Crippen molar-refractivity contribution in [3.8, 4) is 11.5 Å². The number of methoxy groups -OCH3 is 1. The summed E-state index contributed by atoms with van der Waals surface area (Å²) in [6.07, 6.45) is 0. The van der Waals surface area contributed by atoms with Crippen LogP contribution in [0.1, 0.15) is 44.9 Å². The van der Waals surface area contributed by atoms with E-state index in [9.17, 15) is 14.9 Å². The zero-order chi connectivity index (χ0) is 20.9. The van der Waals surface area contributed by atoms with Crippen molar-refractivity contribution in [1.29, 1.82) is 0 Å². The van der Waals surface area contributed by atoms with E-state index in [1.165, 1.54) is 30.9 Å². The molecule has 0 heterocycles. The van der Waals surface area contributed by atoms with Gasteiger partial charge in [-0.1, -0.05) is 45.0 Å². The van der Waals surface area contributed by atoms with Crippen LogP contribution in [0.15, 0.2) is 42.5 Å². The molecule has 2 aromatic carbocycles. The fourth-order valence-electron chi connectivity index (χ4n) is 2.69. The fourth-order valence-corrected chi connectivity index (χ4v) is 2.69. The first-order valence-corrected chi connectivity index (χ1v) is 8.97. The molecule has 0 aliphatic heterocycles. The Kier molecular flexibility index (Phi) is 6.62. The van der Waals surface area contributed by atoms with Crippen LogP contribution in [0, 0.1) is 10.1 Å². The van der Waals surface area contributed by atoms with Crippen molar-refractivity contribution in [2.45, 2.75) is 39.2 Å². The Labute approximate surface area is 164 Å². The van der Waals surface area contributed by atoms with E-state index in [1.807, 2.05) is 19.1 Å². The lowest BCUT2D eigenvalue weighted by Gasteiger charge is -2.20. The van der Waals surface area contributed by atoms with Crippen LogP contribution in [0.4, 0.5) is 5.69 Å². The van der Waals surface area contributed by atoms with E-state index in [4.69, 9.17) is 9.47 Å². The van der Waals surface area contributed by atoms with Gasteiger partial charge >= 0.3 is 5.69 Å². The van der Waals surface area contributed by atoms with Crippen LogP contribution in [0.3, 0.4) is 0 Å². The van der Waals surface area contributed by atoms with E-state index in [1.54, 1.807) is 0 Å². The molecule has 0 bridgehead atoms. The van der Waals surface area contributed by atoms with Crippen LogP contribution in [-0.2, 0) is 10.2 Å². The number of benzene rings is 2. The zero-order valence-electron chi connectivity index (χ0n) is 16.8. The zero-order valence-corrected chi connectivity index (χ0v) is 16.8. The van der Waals surface area contributed by atoms with E-state index < -0.39 is 4.92 Å². The first-order valence-electron chi connectivity index (χ1n) is 8.97. The Balaban J connectivity index is 1.94. The third-order valence-electron chi connectivity index (χ3n) is 4.37. The summed E-state index contributed by atoms with van der Waals surface area (Å²) in [6, 6.07) is 12.1. The Bertz CT molecular complexity index is 841. The van der Waals surface area contributed by atoms with Crippen LogP contribution in [0.25, 0.3) is 0 Å². The normalized spacial score (nSPS) is 12.2. The van der Waals surface area contributed by atoms with Crippen LogP contribution >= 0.6 is 0 Å². The third kappa shape index (κ3) is 5.45. The first-order chi connectivity index (χ1) is 13.1. The van der Waals surface area contributed by atoms with Gasteiger partial charge in [0.05, 0.1) is 18.1 Å². The summed E-state index contributed by atoms with van der Waals surface area (Å²) >= 11 is 0. The van der Waals surface area contributed by atoms with Gasteiger partial charge in [0.2, 0.25) is 5.75 Å². The highest BCUT2D eigenvalue weighted by atomic mass is 16.6. The average molecular weight is 386 g/mol. The van der Waals surface area contributed by atoms with Gasteiger partial charge in [-0.3, -0.25) is 14.9 Å². The lowest BCUT2D eigenvalue weighted by molar-refractivity contribution is -0.385. The van der Waals surface area contributed by atoms with Gasteiger partial charge < -0.3 is 14.8 Å². The standard InChI is InChI=1S/C21H26N2O5/c1-14(15-6-8-16(9-7-15)21(2,3)4)22-20(24)13-28-17-10-11-18(23(25)26)19(12-17)27-5/h6-12,14H,13H2,1-5H3,(H,22,24). The largest absolute Gasteiger partial charge is 0.490 e. The lowest BCUT2D eigenvalue weighted by atomic mass is 9.86. The summed E-state index contributed by atoms with van der Waals surface area (Å²) in [5.41, 5.74) is 2.14. The fraction of sp³-hybridized carbons (Fsp3) is 0.381. The van der Waals surface area contributed by atoms with Crippen LogP contribution < -0.4 is 14.8 Å². The number of rotatable bonds is 7. The molecule has 1 unspecified atom stereocenters. The molecule has 0 saturated heterocycles. The number of nitrogens with zero attached hydrogens (tertiary/aromatic N) is 1. The van der Waals surface area contributed by atoms with Crippen molar-refractivity contribution in [3.05, 3.63) is 63.7 Å². The topological polar surface area (TPSA) is 90.7 Å². The number of hydrogen-bond donors (Lipinski definition) is 1. The van der Waals surface area contributed by atoms with E-state index in [2.05, 4.69) is 38.2 Å². The highest BCUT2D eigenvalue weighted by Crippen LogP contribution is 2.30. The molecular formula is C21H26N2O5. The van der Waals surface area contributed by atoms with Crippen LogP contribution in [0.5, 0.6) is 11.5 Å². The third-order valence-corrected chi connectivity index (χ3v) is 4.37. The molecule has 0 aliphatic rings. The SMILES string of the molecule is COc1cc(OCC(=O)NC(C)c2ccc(C(C)(C)C)cc2)ccc1[N+](=O)[O-]. The van der Waals surface area contributed by atoms with Gasteiger partial charge in [0.1, 0.15) is 5.75 Å². The molecule has 28 heavy (non-hydrogen) atoms. The monoisotopic (exact) mass is 386 g/mol. The maximum Gasteiger partial charge on any atom is 0.311 e. The molecule has 1 N–H and O–H groups in total. The van der Waals surface area contributed by atoms with Crippen molar-refractivity contribution < 1.29 is 19.2 Å². The molecule has 150 valence electrons. The van der Waals surface area contributed by atoms with Gasteiger partial charge in [-0.2, -0.15) is 0 Å². The maximum atomic E-state index is 12.2. The molecule has 1 atom stereocenters. The molecular weight excluding hydrogens is 360 g/mol. The Hall–Kier alpha value is -3.09. The van der Waals surface area contributed by atoms with Gasteiger partial charge in [0, 0.05) is 12.1 Å². The van der Waals surface area contributed by atoms with Crippen molar-refractivity contribution in [2.75, 3.05) is 13.7 Å². The number of nitro benzene ring substituents is 1. The predicted molar refractivity (Wildman–Crippen MR) is 107 cm³/mol. The second kappa shape index (κ2) is 8.73. The highest BCUT2D eigenvalue weighted by Gasteiger charge is 2.17. The lowest BCUT2D eigenvalue weighted by Crippen LogP contribution is -2.31. The van der Waals surface area contributed by atoms with Crippen molar-refractivity contribution in [2.24, 2.45) is 0 Å². The van der Waals surface area contributed by atoms with Gasteiger partial charge in [-0.15, -0.1) is 0 Å². The van der Waals surface area contributed by atoms with Gasteiger partial charge in [-0.25, -0.2) is 0 Å². The van der Waals surface area contributed by atoms with Crippen LogP contribution in [0.2, 0.25) is 0 Å². The molecule has 7 nitrogen and oxygen atoms in total. The van der Waals surface area contributed by atoms with E-state index in [0.29, 0.717) is 5.75 Å². The number of ether oxygens (including phenoxy) is 2. The van der Waals surface area contributed by atoms with Crippen molar-refractivity contribution in [1.82, 2.24) is 5.32 Å². The number of nitrogens with one attached hydrogen (secondary N) is 1. The molecule has 0 spiro atoms. The number of hydrogen-bond acceptors (Lipinski definition) is 5. The summed E-state index contributed by atoms with van der Waals surface area (Å²) in [7, 11) is 1.34. The molecule has 7 heteroatoms. The molecule has 0 radical (unpaired) electrons. The number of carbonyl (C=O) groups excluding carboxylic acids is 1. The second-order valence-electron chi connectivity index (χ2n) is 7.54. The number of nitro groups is 1. The van der Waals surface area contributed by atoms with Crippen molar-refractivity contribution in [3.63, 3.8) is 0 Å². The Morgan fingerprint density at radius 1 is 1.18 bits per heavy atom. The smallest absolute Gasteiger partial charge is 0.311 e. The predicted octanol–water partition coefficient (Wildman–Crippen LogP) is 4.16. The number of amides is 1. The number of carbonyl (C=O) groups is 1. The van der Waals surface area contributed by atoms with E-state index >= 15 is 0 Å². The quantitative estimate of drug-likeness (QED) is 0.570. The minimum Gasteiger partial charge on any atom is -0.490 e. The summed E-state index contributed by atoms with van der Waals surface area (Å²) in [6.45, 7) is 8.15. The van der Waals surface area contributed by atoms with E-state index in [0.717, 1.165) is 5.56 Å². The summed E-state index contributed by atoms with van der Waals surface area (Å²) in [5.74, 6) is 0.111. The highest BCUT2D eigenvalue weighted by molar-refractivity contribution is 5.78. The first kappa shape index (κ1) is 21.2. The summed E-state index contributed by atoms with van der Waals surface area (Å²) in [4.78, 5) is 22.6. The van der Waals surface area contributed by atoms with Crippen molar-refractivity contribution >= 4 is 11.6 Å². The average Bonchev–Trinajstić information content (AvgIpc) is 2.65. The summed E-state index contributed by atoms with van der Waals surface area (Å²) < 4.78 is 10.4. The van der Waals surface area contributed by atoms with Gasteiger partial charge in [-0.05, 0) is 29.5 Å². The molecule has 0 fully saturated rings. The summed E-state index contributed by atoms with van der Waals surface area (Å²) in [5, 5.41) is 13.8. The molecule has 0 saturated carbocycles. The minimum atomic E-state index is -0.540. The second-order valence-corrected chi connectivity index (χ2v) is 7.54. The molecule has 1 amide bonds. The molecule has 2 rings (SSSR count). The molecule has 2 aromatic rings.